The highest BCUT2D eigenvalue weighted by Crippen LogP contribution is 2.32. The minimum Gasteiger partial charge on any atom is -0.477 e. The lowest BCUT2D eigenvalue weighted by atomic mass is 10.2. The first-order valence-electron chi connectivity index (χ1n) is 10.5. The van der Waals surface area contributed by atoms with E-state index in [0.29, 0.717) is 24.0 Å². The quantitative estimate of drug-likeness (QED) is 0.618. The normalized spacial score (nSPS) is 17.4. The average molecular weight is 406 g/mol. The zero-order valence-electron chi connectivity index (χ0n) is 17.2. The zero-order valence-corrected chi connectivity index (χ0v) is 17.2. The molecule has 1 saturated heterocycles. The van der Waals surface area contributed by atoms with Gasteiger partial charge in [0.05, 0.1) is 17.5 Å². The highest BCUT2D eigenvalue weighted by atomic mass is 16.5. The van der Waals surface area contributed by atoms with Crippen LogP contribution in [-0.2, 0) is 13.6 Å². The van der Waals surface area contributed by atoms with Gasteiger partial charge in [0.25, 0.3) is 5.56 Å². The molecule has 3 aromatic rings. The molecule has 1 saturated carbocycles. The van der Waals surface area contributed by atoms with E-state index >= 15 is 0 Å². The molecule has 2 fully saturated rings. The molecule has 0 N–H and O–H groups in total. The monoisotopic (exact) mass is 406 g/mol. The van der Waals surface area contributed by atoms with Crippen LogP contribution in [0.2, 0.25) is 0 Å². The van der Waals surface area contributed by atoms with Crippen molar-refractivity contribution in [2.45, 2.75) is 19.4 Å². The number of aromatic nitrogens is 4. The molecule has 8 heteroatoms. The fourth-order valence-electron chi connectivity index (χ4n) is 3.85. The summed E-state index contributed by atoms with van der Waals surface area (Å²) >= 11 is 0. The van der Waals surface area contributed by atoms with Crippen LogP contribution < -0.4 is 15.2 Å². The van der Waals surface area contributed by atoms with E-state index in [2.05, 4.69) is 36.9 Å². The fraction of sp³-hybridized carbons (Fsp3) is 0.455. The minimum absolute atomic E-state index is 0.0202. The Bertz CT molecular complexity index is 1100. The summed E-state index contributed by atoms with van der Waals surface area (Å²) in [4.78, 5) is 29.9. The van der Waals surface area contributed by atoms with E-state index in [1.54, 1.807) is 30.3 Å². The fourth-order valence-corrected chi connectivity index (χ4v) is 3.85. The maximum atomic E-state index is 12.2. The first kappa shape index (κ1) is 19.0. The molecule has 1 aliphatic carbocycles. The van der Waals surface area contributed by atoms with Crippen LogP contribution in [0.15, 0.2) is 41.7 Å². The van der Waals surface area contributed by atoms with Crippen molar-refractivity contribution in [2.75, 3.05) is 37.7 Å². The van der Waals surface area contributed by atoms with Crippen molar-refractivity contribution in [1.29, 1.82) is 0 Å². The van der Waals surface area contributed by atoms with Crippen molar-refractivity contribution in [2.24, 2.45) is 13.0 Å². The molecule has 0 bridgehead atoms. The maximum Gasteiger partial charge on any atom is 0.273 e. The van der Waals surface area contributed by atoms with Gasteiger partial charge in [0.2, 0.25) is 5.88 Å². The van der Waals surface area contributed by atoms with Crippen LogP contribution in [0.3, 0.4) is 0 Å². The lowest BCUT2D eigenvalue weighted by Gasteiger charge is -2.36. The molecule has 0 radical (unpaired) electrons. The van der Waals surface area contributed by atoms with Gasteiger partial charge in [-0.1, -0.05) is 0 Å². The lowest BCUT2D eigenvalue weighted by molar-refractivity contribution is 0.245. The van der Waals surface area contributed by atoms with Crippen molar-refractivity contribution < 1.29 is 4.74 Å². The second-order valence-corrected chi connectivity index (χ2v) is 8.19. The molecule has 3 heterocycles. The van der Waals surface area contributed by atoms with E-state index in [-0.39, 0.29) is 5.56 Å². The molecule has 0 atom stereocenters. The van der Waals surface area contributed by atoms with Gasteiger partial charge in [-0.2, -0.15) is 0 Å². The van der Waals surface area contributed by atoms with Crippen LogP contribution in [0.5, 0.6) is 5.88 Å². The van der Waals surface area contributed by atoms with Crippen LogP contribution in [0.4, 0.5) is 5.69 Å². The highest BCUT2D eigenvalue weighted by Gasteiger charge is 2.23. The number of aryl methyl sites for hydroxylation is 1. The molecule has 0 amide bonds. The summed E-state index contributed by atoms with van der Waals surface area (Å²) in [7, 11) is 1.76. The number of hydrogen-bond acceptors (Lipinski definition) is 7. The Balaban J connectivity index is 1.27. The number of ether oxygens (including phenoxy) is 1. The van der Waals surface area contributed by atoms with Gasteiger partial charge in [0, 0.05) is 57.9 Å². The van der Waals surface area contributed by atoms with Crippen molar-refractivity contribution in [3.8, 4) is 5.88 Å². The summed E-state index contributed by atoms with van der Waals surface area (Å²) in [6.45, 7) is 4.88. The van der Waals surface area contributed by atoms with Gasteiger partial charge in [-0.05, 0) is 37.0 Å². The van der Waals surface area contributed by atoms with Crippen molar-refractivity contribution in [3.05, 3.63) is 53.0 Å². The smallest absolute Gasteiger partial charge is 0.273 e. The number of benzene rings is 1. The van der Waals surface area contributed by atoms with E-state index in [0.717, 1.165) is 49.4 Å². The molecule has 0 unspecified atom stereocenters. The standard InChI is InChI=1S/C22H26N6O2/c1-26-7-6-23-20(22(26)29)13-27-8-10-28(11-9-27)17-4-5-19-18(12-17)21(25-15-24-19)30-14-16-2-3-16/h4-7,12,15-16H,2-3,8-11,13-14H2,1H3. The second-order valence-electron chi connectivity index (χ2n) is 8.19. The first-order valence-corrected chi connectivity index (χ1v) is 10.5. The average Bonchev–Trinajstić information content (AvgIpc) is 3.60. The molecule has 8 nitrogen and oxygen atoms in total. The number of nitrogens with zero attached hydrogens (tertiary/aromatic N) is 6. The third-order valence-corrected chi connectivity index (χ3v) is 5.93. The molecule has 156 valence electrons. The third-order valence-electron chi connectivity index (χ3n) is 5.93. The predicted octanol–water partition coefficient (Wildman–Crippen LogP) is 1.83. The Morgan fingerprint density at radius 3 is 2.73 bits per heavy atom. The van der Waals surface area contributed by atoms with Crippen molar-refractivity contribution in [3.63, 3.8) is 0 Å². The van der Waals surface area contributed by atoms with Crippen LogP contribution >= 0.6 is 0 Å². The molecular formula is C22H26N6O2. The zero-order chi connectivity index (χ0) is 20.5. The summed E-state index contributed by atoms with van der Waals surface area (Å²) < 4.78 is 7.56. The maximum absolute atomic E-state index is 12.2. The van der Waals surface area contributed by atoms with Gasteiger partial charge in [0.1, 0.15) is 12.0 Å². The van der Waals surface area contributed by atoms with Crippen LogP contribution in [0.25, 0.3) is 10.9 Å². The number of fused-ring (bicyclic) bond motifs is 1. The van der Waals surface area contributed by atoms with Crippen molar-refractivity contribution in [1.82, 2.24) is 24.4 Å². The molecule has 2 aliphatic rings. The molecule has 1 aromatic carbocycles. The Morgan fingerprint density at radius 2 is 1.93 bits per heavy atom. The van der Waals surface area contributed by atoms with E-state index < -0.39 is 0 Å². The summed E-state index contributed by atoms with van der Waals surface area (Å²) in [6.07, 6.45) is 7.46. The summed E-state index contributed by atoms with van der Waals surface area (Å²) in [5, 5.41) is 0.968. The highest BCUT2D eigenvalue weighted by molar-refractivity contribution is 5.86. The number of rotatable bonds is 6. The molecule has 5 rings (SSSR count). The minimum atomic E-state index is -0.0202. The van der Waals surface area contributed by atoms with Gasteiger partial charge in [0.15, 0.2) is 0 Å². The molecule has 2 aromatic heterocycles. The Hall–Kier alpha value is -3.00. The number of anilines is 1. The third kappa shape index (κ3) is 4.00. The Kier molecular flexibility index (Phi) is 5.08. The SMILES string of the molecule is Cn1ccnc(CN2CCN(c3ccc4ncnc(OCC5CC5)c4c3)CC2)c1=O. The Labute approximate surface area is 175 Å². The Morgan fingerprint density at radius 1 is 1.10 bits per heavy atom. The van der Waals surface area contributed by atoms with E-state index in [4.69, 9.17) is 4.74 Å². The van der Waals surface area contributed by atoms with Gasteiger partial charge in [-0.15, -0.1) is 0 Å². The lowest BCUT2D eigenvalue weighted by Crippen LogP contribution is -2.46. The predicted molar refractivity (Wildman–Crippen MR) is 115 cm³/mol. The van der Waals surface area contributed by atoms with Crippen molar-refractivity contribution >= 4 is 16.6 Å². The molecule has 1 aliphatic heterocycles. The van der Waals surface area contributed by atoms with Gasteiger partial charge in [-0.3, -0.25) is 14.7 Å². The largest absolute Gasteiger partial charge is 0.477 e. The number of piperazine rings is 1. The van der Waals surface area contributed by atoms with Gasteiger partial charge < -0.3 is 14.2 Å². The van der Waals surface area contributed by atoms with E-state index in [1.165, 1.54) is 12.8 Å². The summed E-state index contributed by atoms with van der Waals surface area (Å²) in [6, 6.07) is 6.30. The van der Waals surface area contributed by atoms with Crippen LogP contribution in [-0.4, -0.2) is 57.2 Å². The second kappa shape index (κ2) is 8.02. The van der Waals surface area contributed by atoms with Gasteiger partial charge in [-0.25, -0.2) is 9.97 Å². The van der Waals surface area contributed by atoms with Crippen LogP contribution in [0, 0.1) is 5.92 Å². The van der Waals surface area contributed by atoms with Crippen LogP contribution in [0.1, 0.15) is 18.5 Å². The van der Waals surface area contributed by atoms with Gasteiger partial charge >= 0.3 is 0 Å². The summed E-state index contributed by atoms with van der Waals surface area (Å²) in [5.41, 5.74) is 2.65. The summed E-state index contributed by atoms with van der Waals surface area (Å²) in [5.74, 6) is 1.36. The first-order chi connectivity index (χ1) is 14.7. The molecular weight excluding hydrogens is 380 g/mol. The molecule has 0 spiro atoms. The van der Waals surface area contributed by atoms with E-state index in [1.807, 2.05) is 6.07 Å². The molecule has 30 heavy (non-hydrogen) atoms. The van der Waals surface area contributed by atoms with E-state index in [9.17, 15) is 4.79 Å². The number of hydrogen-bond donors (Lipinski definition) is 0. The topological polar surface area (TPSA) is 76.4 Å².